The number of nitrogens with one attached hydrogen (secondary N) is 1. The Labute approximate surface area is 175 Å². The Bertz CT molecular complexity index is 948. The summed E-state index contributed by atoms with van der Waals surface area (Å²) in [6.07, 6.45) is 7.87. The molecule has 0 spiro atoms. The zero-order chi connectivity index (χ0) is 20.5. The second kappa shape index (κ2) is 10.6. The molecule has 1 amide bonds. The van der Waals surface area contributed by atoms with Gasteiger partial charge in [-0.3, -0.25) is 10.1 Å². The number of aromatic nitrogens is 1. The predicted octanol–water partition coefficient (Wildman–Crippen LogP) is 5.92. The highest BCUT2D eigenvalue weighted by Gasteiger charge is 2.07. The van der Waals surface area contributed by atoms with Crippen molar-refractivity contribution in [3.63, 3.8) is 0 Å². The molecule has 1 heterocycles. The maximum atomic E-state index is 12.2. The number of amides is 1. The number of anilines is 1. The highest BCUT2D eigenvalue weighted by Crippen LogP contribution is 2.29. The van der Waals surface area contributed by atoms with Gasteiger partial charge in [0.1, 0.15) is 0 Å². The summed E-state index contributed by atoms with van der Waals surface area (Å²) in [5.41, 5.74) is 1.74. The first kappa shape index (κ1) is 20.9. The normalized spacial score (nSPS) is 11.1. The van der Waals surface area contributed by atoms with E-state index in [0.717, 1.165) is 28.0 Å². The van der Waals surface area contributed by atoms with Crippen molar-refractivity contribution >= 4 is 38.7 Å². The lowest BCUT2D eigenvalue weighted by Gasteiger charge is -2.11. The Kier molecular flexibility index (Phi) is 7.64. The molecule has 29 heavy (non-hydrogen) atoms. The molecular formula is C23H26N2O3S. The summed E-state index contributed by atoms with van der Waals surface area (Å²) in [5.74, 6) is 1.16. The van der Waals surface area contributed by atoms with Gasteiger partial charge in [0, 0.05) is 6.08 Å². The number of unbranched alkanes of at least 4 members (excludes halogenated alkanes) is 3. The van der Waals surface area contributed by atoms with Crippen molar-refractivity contribution in [1.82, 2.24) is 4.98 Å². The van der Waals surface area contributed by atoms with Crippen LogP contribution < -0.4 is 14.8 Å². The van der Waals surface area contributed by atoms with Crippen molar-refractivity contribution in [3.05, 3.63) is 54.1 Å². The van der Waals surface area contributed by atoms with Crippen LogP contribution in [0.5, 0.6) is 11.5 Å². The number of nitrogens with zero attached hydrogens (tertiary/aromatic N) is 1. The third-order valence-electron chi connectivity index (χ3n) is 4.39. The molecule has 3 aromatic rings. The molecule has 6 heteroatoms. The Morgan fingerprint density at radius 2 is 2.00 bits per heavy atom. The van der Waals surface area contributed by atoms with Gasteiger partial charge in [-0.2, -0.15) is 0 Å². The molecule has 3 rings (SSSR count). The van der Waals surface area contributed by atoms with E-state index in [4.69, 9.17) is 9.47 Å². The number of hydrogen-bond donors (Lipinski definition) is 1. The summed E-state index contributed by atoms with van der Waals surface area (Å²) in [7, 11) is 1.62. The Morgan fingerprint density at radius 3 is 2.79 bits per heavy atom. The van der Waals surface area contributed by atoms with E-state index in [1.165, 1.54) is 36.7 Å². The summed E-state index contributed by atoms with van der Waals surface area (Å²) in [6, 6.07) is 13.4. The third kappa shape index (κ3) is 6.06. The van der Waals surface area contributed by atoms with Crippen LogP contribution in [0.15, 0.2) is 48.5 Å². The number of benzene rings is 2. The molecule has 2 aromatic carbocycles. The minimum atomic E-state index is -0.223. The van der Waals surface area contributed by atoms with Crippen molar-refractivity contribution in [1.29, 1.82) is 0 Å². The predicted molar refractivity (Wildman–Crippen MR) is 120 cm³/mol. The molecule has 0 radical (unpaired) electrons. The first-order chi connectivity index (χ1) is 14.2. The molecule has 0 unspecified atom stereocenters. The van der Waals surface area contributed by atoms with Gasteiger partial charge in [-0.1, -0.05) is 55.7 Å². The van der Waals surface area contributed by atoms with Crippen molar-refractivity contribution < 1.29 is 14.3 Å². The van der Waals surface area contributed by atoms with Crippen LogP contribution >= 0.6 is 11.3 Å². The topological polar surface area (TPSA) is 60.5 Å². The molecule has 0 aliphatic heterocycles. The fourth-order valence-corrected chi connectivity index (χ4v) is 3.73. The second-order valence-corrected chi connectivity index (χ2v) is 7.66. The maximum Gasteiger partial charge on any atom is 0.250 e. The number of carbonyl (C=O) groups is 1. The lowest BCUT2D eigenvalue weighted by atomic mass is 10.2. The average molecular weight is 411 g/mol. The van der Waals surface area contributed by atoms with Crippen LogP contribution in [0.25, 0.3) is 16.3 Å². The van der Waals surface area contributed by atoms with Crippen LogP contribution in [0.3, 0.4) is 0 Å². The largest absolute Gasteiger partial charge is 0.493 e. The van der Waals surface area contributed by atoms with Crippen molar-refractivity contribution in [2.45, 2.75) is 32.6 Å². The van der Waals surface area contributed by atoms with Crippen LogP contribution in [0.4, 0.5) is 5.13 Å². The molecule has 0 atom stereocenters. The second-order valence-electron chi connectivity index (χ2n) is 6.63. The third-order valence-corrected chi connectivity index (χ3v) is 5.35. The molecule has 152 valence electrons. The molecule has 0 saturated heterocycles. The lowest BCUT2D eigenvalue weighted by Crippen LogP contribution is -2.07. The molecule has 0 fully saturated rings. The highest BCUT2D eigenvalue weighted by atomic mass is 32.1. The standard InChI is InChI=1S/C23H26N2O3S/c1-3-4-5-8-15-28-19-13-11-17(16-20(19)27-2)12-14-22(26)25-23-24-18-9-6-7-10-21(18)29-23/h6-7,9-14,16H,3-5,8,15H2,1-2H3,(H,24,25,26)/b14-12-. The van der Waals surface area contributed by atoms with Gasteiger partial charge in [-0.05, 0) is 42.3 Å². The highest BCUT2D eigenvalue weighted by molar-refractivity contribution is 7.22. The van der Waals surface area contributed by atoms with E-state index in [2.05, 4.69) is 17.2 Å². The van der Waals surface area contributed by atoms with Crippen LogP contribution in [0.2, 0.25) is 0 Å². The number of fused-ring (bicyclic) bond motifs is 1. The summed E-state index contributed by atoms with van der Waals surface area (Å²) in [5, 5.41) is 3.40. The zero-order valence-electron chi connectivity index (χ0n) is 16.8. The lowest BCUT2D eigenvalue weighted by molar-refractivity contribution is -0.111. The first-order valence-electron chi connectivity index (χ1n) is 9.85. The summed E-state index contributed by atoms with van der Waals surface area (Å²) in [6.45, 7) is 2.87. The molecule has 0 saturated carbocycles. The van der Waals surface area contributed by atoms with Crippen LogP contribution in [-0.2, 0) is 4.79 Å². The number of hydrogen-bond acceptors (Lipinski definition) is 5. The van der Waals surface area contributed by atoms with Gasteiger partial charge in [0.25, 0.3) is 0 Å². The maximum absolute atomic E-state index is 12.2. The van der Waals surface area contributed by atoms with Crippen LogP contribution in [0, 0.1) is 0 Å². The van der Waals surface area contributed by atoms with Gasteiger partial charge >= 0.3 is 0 Å². The minimum absolute atomic E-state index is 0.223. The quantitative estimate of drug-likeness (QED) is 0.333. The van der Waals surface area contributed by atoms with Gasteiger partial charge < -0.3 is 9.47 Å². The fourth-order valence-electron chi connectivity index (χ4n) is 2.86. The Balaban J connectivity index is 1.58. The van der Waals surface area contributed by atoms with E-state index in [-0.39, 0.29) is 5.91 Å². The molecule has 0 bridgehead atoms. The number of para-hydroxylation sites is 1. The van der Waals surface area contributed by atoms with Crippen molar-refractivity contribution in [2.75, 3.05) is 19.0 Å². The SMILES string of the molecule is CCCCCCOc1ccc(/C=C\C(=O)Nc2nc3ccccc3s2)cc1OC. The van der Waals surface area contributed by atoms with E-state index in [1.807, 2.05) is 42.5 Å². The number of rotatable bonds is 10. The molecule has 0 aliphatic carbocycles. The molecule has 1 aromatic heterocycles. The molecule has 0 aliphatic rings. The fraction of sp³-hybridized carbons (Fsp3) is 0.304. The first-order valence-corrected chi connectivity index (χ1v) is 10.7. The monoisotopic (exact) mass is 410 g/mol. The van der Waals surface area contributed by atoms with Crippen molar-refractivity contribution in [3.8, 4) is 11.5 Å². The molecule has 1 N–H and O–H groups in total. The summed E-state index contributed by atoms with van der Waals surface area (Å²) < 4.78 is 12.3. The van der Waals surface area contributed by atoms with Gasteiger partial charge in [-0.25, -0.2) is 4.98 Å². The van der Waals surface area contributed by atoms with Crippen LogP contribution in [-0.4, -0.2) is 24.6 Å². The molecular weight excluding hydrogens is 384 g/mol. The van der Waals surface area contributed by atoms with E-state index in [1.54, 1.807) is 13.2 Å². The number of ether oxygens (including phenoxy) is 2. The van der Waals surface area contributed by atoms with Gasteiger partial charge in [-0.15, -0.1) is 0 Å². The number of methoxy groups -OCH3 is 1. The summed E-state index contributed by atoms with van der Waals surface area (Å²) in [4.78, 5) is 16.6. The smallest absolute Gasteiger partial charge is 0.250 e. The van der Waals surface area contributed by atoms with Gasteiger partial charge in [0.05, 0.1) is 23.9 Å². The van der Waals surface area contributed by atoms with Crippen molar-refractivity contribution in [2.24, 2.45) is 0 Å². The van der Waals surface area contributed by atoms with E-state index >= 15 is 0 Å². The van der Waals surface area contributed by atoms with E-state index in [9.17, 15) is 4.79 Å². The van der Waals surface area contributed by atoms with Crippen LogP contribution in [0.1, 0.15) is 38.2 Å². The van der Waals surface area contributed by atoms with E-state index in [0.29, 0.717) is 17.5 Å². The molecule has 5 nitrogen and oxygen atoms in total. The Hall–Kier alpha value is -2.86. The zero-order valence-corrected chi connectivity index (χ0v) is 17.6. The average Bonchev–Trinajstić information content (AvgIpc) is 3.14. The van der Waals surface area contributed by atoms with Gasteiger partial charge in [0.15, 0.2) is 16.6 Å². The van der Waals surface area contributed by atoms with Gasteiger partial charge in [0.2, 0.25) is 5.91 Å². The van der Waals surface area contributed by atoms with E-state index < -0.39 is 0 Å². The minimum Gasteiger partial charge on any atom is -0.493 e. The Morgan fingerprint density at radius 1 is 1.14 bits per heavy atom. The number of carbonyl (C=O) groups excluding carboxylic acids is 1. The summed E-state index contributed by atoms with van der Waals surface area (Å²) >= 11 is 1.45. The number of thiazole rings is 1.